The van der Waals surface area contributed by atoms with E-state index in [4.69, 9.17) is 10.5 Å². The first-order valence-electron chi connectivity index (χ1n) is 5.34. The Kier molecular flexibility index (Phi) is 4.54. The number of ether oxygens (including phenoxy) is 1. The number of hydrogen-bond donors (Lipinski definition) is 2. The lowest BCUT2D eigenvalue weighted by Crippen LogP contribution is -2.47. The Morgan fingerprint density at radius 1 is 1.59 bits per heavy atom. The molecule has 5 heteroatoms. The van der Waals surface area contributed by atoms with E-state index >= 15 is 0 Å². The number of amides is 1. The summed E-state index contributed by atoms with van der Waals surface area (Å²) in [6.07, 6.45) is 0.580. The maximum atomic E-state index is 11.8. The van der Waals surface area contributed by atoms with Gasteiger partial charge in [-0.25, -0.2) is 0 Å². The topological polar surface area (TPSA) is 64.4 Å². The van der Waals surface area contributed by atoms with Crippen LogP contribution in [0.4, 0.5) is 5.69 Å². The molecule has 0 radical (unpaired) electrons. The van der Waals surface area contributed by atoms with Crippen molar-refractivity contribution in [3.05, 3.63) is 22.7 Å². The number of anilines is 1. The van der Waals surface area contributed by atoms with E-state index in [1.165, 1.54) is 0 Å². The Morgan fingerprint density at radius 2 is 2.24 bits per heavy atom. The highest BCUT2D eigenvalue weighted by atomic mass is 79.9. The van der Waals surface area contributed by atoms with Gasteiger partial charge >= 0.3 is 0 Å². The van der Waals surface area contributed by atoms with E-state index in [9.17, 15) is 4.79 Å². The Labute approximate surface area is 110 Å². The van der Waals surface area contributed by atoms with Crippen molar-refractivity contribution in [1.82, 2.24) is 0 Å². The number of hydrogen-bond acceptors (Lipinski definition) is 3. The lowest BCUT2D eigenvalue weighted by molar-refractivity contribution is -0.120. The monoisotopic (exact) mass is 300 g/mol. The highest BCUT2D eigenvalue weighted by Crippen LogP contribution is 2.28. The largest absolute Gasteiger partial charge is 0.496 e. The second kappa shape index (κ2) is 5.51. The number of benzene rings is 1. The van der Waals surface area contributed by atoms with Crippen molar-refractivity contribution in [3.63, 3.8) is 0 Å². The molecule has 0 aliphatic rings. The van der Waals surface area contributed by atoms with E-state index in [0.29, 0.717) is 17.9 Å². The average molecular weight is 301 g/mol. The standard InChI is InChI=1S/C12H17BrN2O2/c1-4-12(2,14)11(16)15-8-5-6-10(17-3)9(13)7-8/h5-7H,4,14H2,1-3H3,(H,15,16). The summed E-state index contributed by atoms with van der Waals surface area (Å²) < 4.78 is 5.89. The van der Waals surface area contributed by atoms with Crippen LogP contribution >= 0.6 is 15.9 Å². The lowest BCUT2D eigenvalue weighted by Gasteiger charge is -2.21. The van der Waals surface area contributed by atoms with Gasteiger partial charge in [-0.05, 0) is 47.5 Å². The molecule has 0 aliphatic carbocycles. The van der Waals surface area contributed by atoms with E-state index in [-0.39, 0.29) is 5.91 Å². The summed E-state index contributed by atoms with van der Waals surface area (Å²) in [7, 11) is 1.59. The predicted octanol–water partition coefficient (Wildman–Crippen LogP) is 2.52. The molecule has 94 valence electrons. The third kappa shape index (κ3) is 3.44. The quantitative estimate of drug-likeness (QED) is 0.898. The number of nitrogens with two attached hydrogens (primary N) is 1. The molecular formula is C12H17BrN2O2. The van der Waals surface area contributed by atoms with E-state index in [0.717, 1.165) is 4.47 Å². The Hall–Kier alpha value is -1.07. The van der Waals surface area contributed by atoms with Gasteiger partial charge in [0.15, 0.2) is 0 Å². The molecule has 0 aliphatic heterocycles. The molecule has 17 heavy (non-hydrogen) atoms. The molecule has 0 saturated heterocycles. The van der Waals surface area contributed by atoms with Gasteiger partial charge in [0.25, 0.3) is 0 Å². The van der Waals surface area contributed by atoms with E-state index in [1.807, 2.05) is 6.92 Å². The molecule has 1 unspecified atom stereocenters. The molecule has 0 spiro atoms. The number of carbonyl (C=O) groups excluding carboxylic acids is 1. The minimum atomic E-state index is -0.855. The summed E-state index contributed by atoms with van der Waals surface area (Å²) in [6.45, 7) is 3.59. The number of halogens is 1. The number of methoxy groups -OCH3 is 1. The molecule has 1 aromatic rings. The Balaban J connectivity index is 2.83. The molecule has 0 heterocycles. The molecule has 3 N–H and O–H groups in total. The minimum absolute atomic E-state index is 0.197. The molecule has 0 aromatic heterocycles. The van der Waals surface area contributed by atoms with Crippen molar-refractivity contribution in [3.8, 4) is 5.75 Å². The molecular weight excluding hydrogens is 284 g/mol. The van der Waals surface area contributed by atoms with Crippen molar-refractivity contribution in [2.24, 2.45) is 5.73 Å². The second-order valence-corrected chi connectivity index (χ2v) is 4.93. The zero-order valence-electron chi connectivity index (χ0n) is 10.2. The maximum Gasteiger partial charge on any atom is 0.244 e. The van der Waals surface area contributed by atoms with Crippen molar-refractivity contribution >= 4 is 27.5 Å². The highest BCUT2D eigenvalue weighted by molar-refractivity contribution is 9.10. The van der Waals surface area contributed by atoms with Gasteiger partial charge in [0.1, 0.15) is 5.75 Å². The smallest absolute Gasteiger partial charge is 0.244 e. The van der Waals surface area contributed by atoms with Crippen LogP contribution in [0.5, 0.6) is 5.75 Å². The van der Waals surface area contributed by atoms with E-state index < -0.39 is 5.54 Å². The first-order chi connectivity index (χ1) is 7.90. The summed E-state index contributed by atoms with van der Waals surface area (Å²) >= 11 is 3.36. The molecule has 1 aromatic carbocycles. The summed E-state index contributed by atoms with van der Waals surface area (Å²) in [5.74, 6) is 0.520. The summed E-state index contributed by atoms with van der Waals surface area (Å²) in [6, 6.07) is 5.33. The van der Waals surface area contributed by atoms with Crippen molar-refractivity contribution in [1.29, 1.82) is 0 Å². The SMILES string of the molecule is CCC(C)(N)C(=O)Nc1ccc(OC)c(Br)c1. The fraction of sp³-hybridized carbons (Fsp3) is 0.417. The van der Waals surface area contributed by atoms with Crippen LogP contribution in [0.3, 0.4) is 0 Å². The predicted molar refractivity (Wildman–Crippen MR) is 72.2 cm³/mol. The van der Waals surface area contributed by atoms with E-state index in [1.54, 1.807) is 32.2 Å². The minimum Gasteiger partial charge on any atom is -0.496 e. The van der Waals surface area contributed by atoms with Gasteiger partial charge in [0.2, 0.25) is 5.91 Å². The van der Waals surface area contributed by atoms with Gasteiger partial charge in [-0.1, -0.05) is 6.92 Å². The molecule has 1 rings (SSSR count). The zero-order valence-corrected chi connectivity index (χ0v) is 11.8. The van der Waals surface area contributed by atoms with Crippen LogP contribution in [-0.2, 0) is 4.79 Å². The second-order valence-electron chi connectivity index (χ2n) is 4.07. The van der Waals surface area contributed by atoms with Gasteiger partial charge in [-0.3, -0.25) is 4.79 Å². The summed E-state index contributed by atoms with van der Waals surface area (Å²) in [5, 5.41) is 2.78. The van der Waals surface area contributed by atoms with Gasteiger partial charge in [-0.15, -0.1) is 0 Å². The number of rotatable bonds is 4. The lowest BCUT2D eigenvalue weighted by atomic mass is 9.99. The third-order valence-electron chi connectivity index (χ3n) is 2.66. The van der Waals surface area contributed by atoms with Crippen molar-refractivity contribution < 1.29 is 9.53 Å². The van der Waals surface area contributed by atoms with Crippen LogP contribution in [-0.4, -0.2) is 18.6 Å². The Bertz CT molecular complexity index is 419. The fourth-order valence-electron chi connectivity index (χ4n) is 1.18. The first kappa shape index (κ1) is 14.0. The van der Waals surface area contributed by atoms with Crippen LogP contribution < -0.4 is 15.8 Å². The summed E-state index contributed by atoms with van der Waals surface area (Å²) in [4.78, 5) is 11.8. The Morgan fingerprint density at radius 3 is 2.71 bits per heavy atom. The average Bonchev–Trinajstić information content (AvgIpc) is 2.29. The summed E-state index contributed by atoms with van der Waals surface area (Å²) in [5.41, 5.74) is 5.69. The highest BCUT2D eigenvalue weighted by Gasteiger charge is 2.25. The number of nitrogens with one attached hydrogen (secondary N) is 1. The molecule has 1 atom stereocenters. The van der Waals surface area contributed by atoms with Gasteiger partial charge in [-0.2, -0.15) is 0 Å². The maximum absolute atomic E-state index is 11.8. The van der Waals surface area contributed by atoms with Gasteiger partial charge in [0.05, 0.1) is 17.1 Å². The molecule has 0 fully saturated rings. The van der Waals surface area contributed by atoms with Gasteiger partial charge < -0.3 is 15.8 Å². The molecule has 4 nitrogen and oxygen atoms in total. The van der Waals surface area contributed by atoms with Crippen LogP contribution in [0.1, 0.15) is 20.3 Å². The van der Waals surface area contributed by atoms with Crippen molar-refractivity contribution in [2.45, 2.75) is 25.8 Å². The molecule has 1 amide bonds. The van der Waals surface area contributed by atoms with Crippen LogP contribution in [0.25, 0.3) is 0 Å². The van der Waals surface area contributed by atoms with Crippen LogP contribution in [0, 0.1) is 0 Å². The normalized spacial score (nSPS) is 13.9. The fourth-order valence-corrected chi connectivity index (χ4v) is 1.72. The first-order valence-corrected chi connectivity index (χ1v) is 6.14. The van der Waals surface area contributed by atoms with Crippen molar-refractivity contribution in [2.75, 3.05) is 12.4 Å². The van der Waals surface area contributed by atoms with Crippen LogP contribution in [0.2, 0.25) is 0 Å². The number of carbonyl (C=O) groups is 1. The zero-order chi connectivity index (χ0) is 13.1. The van der Waals surface area contributed by atoms with Crippen LogP contribution in [0.15, 0.2) is 22.7 Å². The van der Waals surface area contributed by atoms with E-state index in [2.05, 4.69) is 21.2 Å². The van der Waals surface area contributed by atoms with Gasteiger partial charge in [0, 0.05) is 5.69 Å². The third-order valence-corrected chi connectivity index (χ3v) is 3.28. The molecule has 0 bridgehead atoms. The molecule has 0 saturated carbocycles.